The summed E-state index contributed by atoms with van der Waals surface area (Å²) in [6.07, 6.45) is 4.58. The van der Waals surface area contributed by atoms with Crippen LogP contribution in [-0.4, -0.2) is 28.1 Å². The minimum absolute atomic E-state index is 0.0347. The van der Waals surface area contributed by atoms with Gasteiger partial charge in [-0.05, 0) is 56.2 Å². The smallest absolute Gasteiger partial charge is 0.168 e. The number of nitrogens with one attached hydrogen (secondary N) is 1. The first kappa shape index (κ1) is 21.4. The molecule has 1 aromatic heterocycles. The maximum absolute atomic E-state index is 12.8. The monoisotopic (exact) mass is 394 g/mol. The molecule has 1 aliphatic rings. The summed E-state index contributed by atoms with van der Waals surface area (Å²) < 4.78 is 0. The van der Waals surface area contributed by atoms with E-state index in [1.54, 1.807) is 0 Å². The van der Waals surface area contributed by atoms with Crippen LogP contribution < -0.4 is 0 Å². The zero-order chi connectivity index (χ0) is 21.2. The summed E-state index contributed by atoms with van der Waals surface area (Å²) in [7, 11) is 0. The first-order valence-electron chi connectivity index (χ1n) is 10.8. The Hall–Kier alpha value is -2.36. The van der Waals surface area contributed by atoms with E-state index in [-0.39, 0.29) is 17.0 Å². The molecular formula is C25H34N2O2. The van der Waals surface area contributed by atoms with Crippen LogP contribution in [0.3, 0.4) is 0 Å². The normalized spacial score (nSPS) is 17.4. The lowest BCUT2D eigenvalue weighted by Gasteiger charge is -2.30. The van der Waals surface area contributed by atoms with Crippen LogP contribution in [0.5, 0.6) is 0 Å². The van der Waals surface area contributed by atoms with Crippen LogP contribution in [0.1, 0.15) is 69.7 Å². The van der Waals surface area contributed by atoms with Gasteiger partial charge in [0.2, 0.25) is 0 Å². The molecule has 0 saturated carbocycles. The average molecular weight is 395 g/mol. The van der Waals surface area contributed by atoms with Gasteiger partial charge in [-0.15, -0.1) is 0 Å². The second-order valence-electron chi connectivity index (χ2n) is 9.22. The predicted molar refractivity (Wildman–Crippen MR) is 121 cm³/mol. The highest BCUT2D eigenvalue weighted by atomic mass is 16.3. The zero-order valence-electron chi connectivity index (χ0n) is 18.5. The number of aliphatic hydroxyl groups is 1. The Morgan fingerprint density at radius 2 is 2.00 bits per heavy atom. The topological polar surface area (TPSA) is 65.4 Å². The lowest BCUT2D eigenvalue weighted by molar-refractivity contribution is -0.117. The molecule has 0 unspecified atom stereocenters. The summed E-state index contributed by atoms with van der Waals surface area (Å²) in [6, 6.07) is 6.47. The second-order valence-corrected chi connectivity index (χ2v) is 9.22. The zero-order valence-corrected chi connectivity index (χ0v) is 18.5. The number of benzene rings is 1. The van der Waals surface area contributed by atoms with E-state index in [0.29, 0.717) is 25.0 Å². The van der Waals surface area contributed by atoms with E-state index in [0.717, 1.165) is 36.9 Å². The van der Waals surface area contributed by atoms with E-state index in [1.807, 2.05) is 13.8 Å². The number of unbranched alkanes of at least 4 members (excludes halogenated alkanes) is 1. The van der Waals surface area contributed by atoms with Gasteiger partial charge in [0.15, 0.2) is 5.78 Å². The van der Waals surface area contributed by atoms with Gasteiger partial charge in [-0.25, -0.2) is 0 Å². The molecule has 0 spiro atoms. The number of carbonyl (C=O) groups excluding carboxylic acids is 1. The number of Topliss-reactive ketones (excluding diaryl/α,β-unsaturated/α-hetero) is 1. The van der Waals surface area contributed by atoms with Crippen LogP contribution in [0.25, 0.3) is 10.9 Å². The number of hydrogen-bond donors (Lipinski definition) is 2. The van der Waals surface area contributed by atoms with Crippen LogP contribution in [0.2, 0.25) is 0 Å². The highest BCUT2D eigenvalue weighted by Crippen LogP contribution is 2.36. The summed E-state index contributed by atoms with van der Waals surface area (Å²) in [5.74, 6) is 0.257. The number of aryl methyl sites for hydroxylation is 2. The number of rotatable bonds is 7. The fourth-order valence-corrected chi connectivity index (χ4v) is 4.36. The maximum Gasteiger partial charge on any atom is 0.168 e. The summed E-state index contributed by atoms with van der Waals surface area (Å²) in [5.41, 5.74) is 5.96. The van der Waals surface area contributed by atoms with Gasteiger partial charge >= 0.3 is 0 Å². The highest BCUT2D eigenvalue weighted by molar-refractivity contribution is 6.23. The number of allylic oxidation sites excluding steroid dienone is 2. The largest absolute Gasteiger partial charge is 0.511 e. The molecule has 0 fully saturated rings. The van der Waals surface area contributed by atoms with Gasteiger partial charge in [0, 0.05) is 41.7 Å². The van der Waals surface area contributed by atoms with Gasteiger partial charge in [0.05, 0.1) is 5.57 Å². The van der Waals surface area contributed by atoms with Crippen LogP contribution >= 0.6 is 0 Å². The Morgan fingerprint density at radius 1 is 1.24 bits per heavy atom. The summed E-state index contributed by atoms with van der Waals surface area (Å²) in [6.45, 7) is 11.0. The number of ketones is 1. The minimum atomic E-state index is -0.181. The van der Waals surface area contributed by atoms with E-state index in [9.17, 15) is 9.90 Å². The van der Waals surface area contributed by atoms with E-state index in [1.165, 1.54) is 22.2 Å². The van der Waals surface area contributed by atoms with Crippen molar-refractivity contribution in [3.63, 3.8) is 0 Å². The quantitative estimate of drug-likeness (QED) is 0.552. The van der Waals surface area contributed by atoms with Crippen molar-refractivity contribution in [2.45, 2.75) is 73.1 Å². The Labute approximate surface area is 174 Å². The fourth-order valence-electron chi connectivity index (χ4n) is 4.36. The van der Waals surface area contributed by atoms with E-state index in [4.69, 9.17) is 4.99 Å². The molecule has 4 nitrogen and oxygen atoms in total. The molecule has 1 aliphatic carbocycles. The molecule has 1 heterocycles. The number of nitrogens with zero attached hydrogens (tertiary/aromatic N) is 1. The summed E-state index contributed by atoms with van der Waals surface area (Å²) in [4.78, 5) is 21.1. The molecule has 0 atom stereocenters. The molecule has 0 aliphatic heterocycles. The molecule has 1 aromatic carbocycles. The number of aromatic nitrogens is 1. The van der Waals surface area contributed by atoms with Crippen molar-refractivity contribution in [3.8, 4) is 0 Å². The van der Waals surface area contributed by atoms with Crippen molar-refractivity contribution in [2.75, 3.05) is 6.54 Å². The number of aromatic amines is 1. The van der Waals surface area contributed by atoms with Gasteiger partial charge in [-0.2, -0.15) is 0 Å². The van der Waals surface area contributed by atoms with E-state index in [2.05, 4.69) is 44.0 Å². The third kappa shape index (κ3) is 4.80. The Bertz CT molecular complexity index is 976. The Balaban J connectivity index is 1.86. The second kappa shape index (κ2) is 8.56. The van der Waals surface area contributed by atoms with E-state index < -0.39 is 0 Å². The number of carbonyl (C=O) groups is 1. The molecule has 2 aromatic rings. The number of hydrogen-bond acceptors (Lipinski definition) is 3. The van der Waals surface area contributed by atoms with Crippen LogP contribution in [0, 0.1) is 19.3 Å². The molecule has 2 N–H and O–H groups in total. The molecule has 156 valence electrons. The average Bonchev–Trinajstić information content (AvgIpc) is 2.92. The van der Waals surface area contributed by atoms with Gasteiger partial charge in [0.25, 0.3) is 0 Å². The molecule has 29 heavy (non-hydrogen) atoms. The first-order valence-corrected chi connectivity index (χ1v) is 10.8. The number of aliphatic hydroxyl groups excluding tert-OH is 1. The van der Waals surface area contributed by atoms with Crippen molar-refractivity contribution in [2.24, 2.45) is 10.4 Å². The van der Waals surface area contributed by atoms with Crippen LogP contribution in [0.15, 0.2) is 34.5 Å². The van der Waals surface area contributed by atoms with Gasteiger partial charge < -0.3 is 10.1 Å². The third-order valence-corrected chi connectivity index (χ3v) is 5.85. The first-order chi connectivity index (χ1) is 13.7. The predicted octanol–water partition coefficient (Wildman–Crippen LogP) is 6.16. The highest BCUT2D eigenvalue weighted by Gasteiger charge is 2.34. The van der Waals surface area contributed by atoms with Gasteiger partial charge in [-0.1, -0.05) is 38.8 Å². The van der Waals surface area contributed by atoms with Crippen molar-refractivity contribution < 1.29 is 9.90 Å². The molecule has 4 heteroatoms. The third-order valence-electron chi connectivity index (χ3n) is 5.85. The van der Waals surface area contributed by atoms with Crippen molar-refractivity contribution >= 4 is 22.4 Å². The number of aliphatic imine (C=N–C) groups is 1. The summed E-state index contributed by atoms with van der Waals surface area (Å²) >= 11 is 0. The lowest BCUT2D eigenvalue weighted by Crippen LogP contribution is -2.29. The Kier molecular flexibility index (Phi) is 6.30. The minimum Gasteiger partial charge on any atom is -0.511 e. The van der Waals surface area contributed by atoms with Crippen LogP contribution in [-0.2, 0) is 11.2 Å². The van der Waals surface area contributed by atoms with Crippen LogP contribution in [0.4, 0.5) is 0 Å². The fraction of sp³-hybridized carbons (Fsp3) is 0.520. The molecule has 0 radical (unpaired) electrons. The summed E-state index contributed by atoms with van der Waals surface area (Å²) in [5, 5.41) is 11.9. The lowest BCUT2D eigenvalue weighted by atomic mass is 9.75. The van der Waals surface area contributed by atoms with Crippen molar-refractivity contribution in [3.05, 3.63) is 46.4 Å². The molecular weight excluding hydrogens is 360 g/mol. The van der Waals surface area contributed by atoms with Crippen molar-refractivity contribution in [1.82, 2.24) is 4.98 Å². The molecule has 0 amide bonds. The van der Waals surface area contributed by atoms with Gasteiger partial charge in [0.1, 0.15) is 5.76 Å². The van der Waals surface area contributed by atoms with E-state index >= 15 is 0 Å². The number of H-pyrrole nitrogens is 1. The molecule has 3 rings (SSSR count). The standard InChI is InChI=1S/C25H34N2O2/c1-6-7-8-21(24-22(28)14-25(4,5)15-23(24)29)26-12-11-18-17(3)27-20-10-9-16(2)13-19(18)20/h9-10,13,27-28H,6-8,11-12,14-15H2,1-5H3. The van der Waals surface area contributed by atoms with Crippen molar-refractivity contribution in [1.29, 1.82) is 0 Å². The Morgan fingerprint density at radius 3 is 2.69 bits per heavy atom. The number of fused-ring (bicyclic) bond motifs is 1. The molecule has 0 bridgehead atoms. The maximum atomic E-state index is 12.8. The van der Waals surface area contributed by atoms with Gasteiger partial charge in [-0.3, -0.25) is 9.79 Å². The SMILES string of the molecule is CCCCC(=NCCc1c(C)[nH]c2ccc(C)cc12)C1=C(O)CC(C)(C)CC1=O. The molecule has 0 saturated heterocycles.